The van der Waals surface area contributed by atoms with Crippen LogP contribution in [0.1, 0.15) is 19.3 Å². The Bertz CT molecular complexity index is 180. The van der Waals surface area contributed by atoms with Gasteiger partial charge in [-0.05, 0) is 33.4 Å². The second-order valence-electron chi connectivity index (χ2n) is 4.01. The van der Waals surface area contributed by atoms with Crippen molar-refractivity contribution in [3.63, 3.8) is 0 Å². The van der Waals surface area contributed by atoms with Gasteiger partial charge in [0.25, 0.3) is 0 Å². The molecule has 1 aliphatic rings. The molecule has 0 heterocycles. The van der Waals surface area contributed by atoms with Crippen molar-refractivity contribution in [2.45, 2.75) is 31.5 Å². The summed E-state index contributed by atoms with van der Waals surface area (Å²) in [5, 5.41) is 0. The average molecular weight is 186 g/mol. The van der Waals surface area contributed by atoms with Crippen molar-refractivity contribution in [1.29, 1.82) is 0 Å². The number of alkyl halides is 1. The van der Waals surface area contributed by atoms with Crippen LogP contribution in [0.5, 0.6) is 0 Å². The van der Waals surface area contributed by atoms with Crippen molar-refractivity contribution in [3.8, 4) is 0 Å². The lowest BCUT2D eigenvalue weighted by molar-refractivity contribution is 0.128. The van der Waals surface area contributed by atoms with Crippen molar-refractivity contribution in [2.75, 3.05) is 21.1 Å². The lowest BCUT2D eigenvalue weighted by Gasteiger charge is -2.35. The van der Waals surface area contributed by atoms with Crippen LogP contribution < -0.4 is 0 Å². The summed E-state index contributed by atoms with van der Waals surface area (Å²) in [4.78, 5) is 6.15. The number of hydrogen-bond donors (Lipinski definition) is 0. The fourth-order valence-corrected chi connectivity index (χ4v) is 2.08. The largest absolute Gasteiger partial charge is 0.306 e. The quantitative estimate of drug-likeness (QED) is 0.600. The minimum Gasteiger partial charge on any atom is -0.306 e. The molecule has 0 aromatic heterocycles. The number of aliphatic imine (C=N–C) groups is 1. The Morgan fingerprint density at radius 3 is 2.62 bits per heavy atom. The van der Waals surface area contributed by atoms with Crippen molar-refractivity contribution in [1.82, 2.24) is 4.90 Å². The Kier molecular flexibility index (Phi) is 3.85. The molecule has 0 aliphatic heterocycles. The third-order valence-electron chi connectivity index (χ3n) is 2.81. The SMILES string of the molecule is C/N=C/C1CCC(F)C[C@@H]1N(C)C. The van der Waals surface area contributed by atoms with Gasteiger partial charge in [-0.3, -0.25) is 0 Å². The minimum absolute atomic E-state index is 0.326. The Morgan fingerprint density at radius 2 is 2.08 bits per heavy atom. The average Bonchev–Trinajstić information content (AvgIpc) is 2.08. The van der Waals surface area contributed by atoms with Crippen LogP contribution in [-0.4, -0.2) is 44.5 Å². The fraction of sp³-hybridized carbons (Fsp3) is 0.900. The predicted molar refractivity (Wildman–Crippen MR) is 54.1 cm³/mol. The van der Waals surface area contributed by atoms with Crippen LogP contribution in [0, 0.1) is 5.92 Å². The topological polar surface area (TPSA) is 15.6 Å². The number of hydrogen-bond acceptors (Lipinski definition) is 2. The van der Waals surface area contributed by atoms with Crippen LogP contribution in [0.3, 0.4) is 0 Å². The van der Waals surface area contributed by atoms with E-state index < -0.39 is 6.17 Å². The zero-order valence-electron chi connectivity index (χ0n) is 8.70. The van der Waals surface area contributed by atoms with Gasteiger partial charge in [0.05, 0.1) is 0 Å². The molecule has 0 spiro atoms. The molecule has 3 heteroatoms. The molecule has 0 aromatic carbocycles. The summed E-state index contributed by atoms with van der Waals surface area (Å²) in [6, 6.07) is 0.326. The van der Waals surface area contributed by atoms with Crippen LogP contribution in [-0.2, 0) is 0 Å². The van der Waals surface area contributed by atoms with Gasteiger partial charge in [-0.1, -0.05) is 0 Å². The Morgan fingerprint density at radius 1 is 1.38 bits per heavy atom. The Labute approximate surface area is 79.8 Å². The lowest BCUT2D eigenvalue weighted by atomic mass is 9.83. The maximum atomic E-state index is 13.1. The van der Waals surface area contributed by atoms with Crippen LogP contribution in [0.4, 0.5) is 4.39 Å². The van der Waals surface area contributed by atoms with Gasteiger partial charge in [-0.15, -0.1) is 0 Å². The normalized spacial score (nSPS) is 35.9. The van der Waals surface area contributed by atoms with E-state index in [9.17, 15) is 4.39 Å². The van der Waals surface area contributed by atoms with Crippen molar-refractivity contribution < 1.29 is 4.39 Å². The van der Waals surface area contributed by atoms with E-state index in [-0.39, 0.29) is 0 Å². The van der Waals surface area contributed by atoms with Crippen LogP contribution in [0.15, 0.2) is 4.99 Å². The Balaban J connectivity index is 2.60. The van der Waals surface area contributed by atoms with Crippen LogP contribution >= 0.6 is 0 Å². The summed E-state index contributed by atoms with van der Waals surface area (Å²) >= 11 is 0. The van der Waals surface area contributed by atoms with Gasteiger partial charge in [0.15, 0.2) is 0 Å². The van der Waals surface area contributed by atoms with E-state index in [0.717, 1.165) is 6.42 Å². The molecule has 0 N–H and O–H groups in total. The number of halogens is 1. The highest BCUT2D eigenvalue weighted by atomic mass is 19.1. The molecular weight excluding hydrogens is 167 g/mol. The summed E-state index contributed by atoms with van der Waals surface area (Å²) in [6.07, 6.45) is 3.64. The van der Waals surface area contributed by atoms with Crippen LogP contribution in [0.25, 0.3) is 0 Å². The van der Waals surface area contributed by atoms with Crippen molar-refractivity contribution >= 4 is 6.21 Å². The molecule has 2 nitrogen and oxygen atoms in total. The standard InChI is InChI=1S/C10H19FN2/c1-12-7-8-4-5-9(11)6-10(8)13(2)3/h7-10H,4-6H2,1-3H3/b12-7+/t8?,9?,10-/m0/s1. The van der Waals surface area contributed by atoms with Crippen molar-refractivity contribution in [3.05, 3.63) is 0 Å². The third-order valence-corrected chi connectivity index (χ3v) is 2.81. The van der Waals surface area contributed by atoms with E-state index in [1.54, 1.807) is 7.05 Å². The molecule has 0 amide bonds. The number of nitrogens with zero attached hydrogens (tertiary/aromatic N) is 2. The van der Waals surface area contributed by atoms with E-state index in [1.807, 2.05) is 20.3 Å². The molecule has 1 rings (SSSR count). The summed E-state index contributed by atoms with van der Waals surface area (Å²) in [6.45, 7) is 0. The summed E-state index contributed by atoms with van der Waals surface area (Å²) in [5.74, 6) is 0.437. The minimum atomic E-state index is -0.617. The molecule has 76 valence electrons. The molecule has 1 saturated carbocycles. The van der Waals surface area contributed by atoms with E-state index in [0.29, 0.717) is 24.8 Å². The molecule has 3 atom stereocenters. The van der Waals surface area contributed by atoms with Gasteiger partial charge in [0.2, 0.25) is 0 Å². The summed E-state index contributed by atoms with van der Waals surface area (Å²) < 4.78 is 13.1. The van der Waals surface area contributed by atoms with Gasteiger partial charge in [-0.2, -0.15) is 0 Å². The molecular formula is C10H19FN2. The highest BCUT2D eigenvalue weighted by molar-refractivity contribution is 5.61. The fourth-order valence-electron chi connectivity index (χ4n) is 2.08. The van der Waals surface area contributed by atoms with E-state index in [2.05, 4.69) is 9.89 Å². The molecule has 1 aliphatic carbocycles. The molecule has 0 bridgehead atoms. The lowest BCUT2D eigenvalue weighted by Crippen LogP contribution is -2.41. The highest BCUT2D eigenvalue weighted by Gasteiger charge is 2.30. The number of rotatable bonds is 2. The molecule has 0 radical (unpaired) electrons. The zero-order chi connectivity index (χ0) is 9.84. The third kappa shape index (κ3) is 2.76. The highest BCUT2D eigenvalue weighted by Crippen LogP contribution is 2.28. The van der Waals surface area contributed by atoms with Gasteiger partial charge in [-0.25, -0.2) is 4.39 Å². The van der Waals surface area contributed by atoms with Gasteiger partial charge < -0.3 is 9.89 Å². The molecule has 13 heavy (non-hydrogen) atoms. The van der Waals surface area contributed by atoms with E-state index in [1.165, 1.54) is 0 Å². The van der Waals surface area contributed by atoms with Crippen LogP contribution in [0.2, 0.25) is 0 Å². The van der Waals surface area contributed by atoms with E-state index >= 15 is 0 Å². The van der Waals surface area contributed by atoms with Gasteiger partial charge in [0.1, 0.15) is 6.17 Å². The summed E-state index contributed by atoms with van der Waals surface area (Å²) in [7, 11) is 5.81. The molecule has 1 fully saturated rings. The molecule has 0 saturated heterocycles. The first kappa shape index (κ1) is 10.6. The first-order chi connectivity index (χ1) is 6.15. The van der Waals surface area contributed by atoms with Gasteiger partial charge in [0, 0.05) is 25.2 Å². The van der Waals surface area contributed by atoms with Gasteiger partial charge >= 0.3 is 0 Å². The smallest absolute Gasteiger partial charge is 0.102 e. The monoisotopic (exact) mass is 186 g/mol. The molecule has 2 unspecified atom stereocenters. The maximum absolute atomic E-state index is 13.1. The predicted octanol–water partition coefficient (Wildman–Crippen LogP) is 1.76. The molecule has 0 aromatic rings. The first-order valence-corrected chi connectivity index (χ1v) is 4.88. The first-order valence-electron chi connectivity index (χ1n) is 4.88. The zero-order valence-corrected chi connectivity index (χ0v) is 8.70. The summed E-state index contributed by atoms with van der Waals surface area (Å²) in [5.41, 5.74) is 0. The Hall–Kier alpha value is -0.440. The van der Waals surface area contributed by atoms with Crippen molar-refractivity contribution in [2.24, 2.45) is 10.9 Å². The second kappa shape index (κ2) is 4.70. The van der Waals surface area contributed by atoms with E-state index in [4.69, 9.17) is 0 Å². The maximum Gasteiger partial charge on any atom is 0.102 e. The second-order valence-corrected chi connectivity index (χ2v) is 4.01.